The Morgan fingerprint density at radius 3 is 2.63 bits per heavy atom. The van der Waals surface area contributed by atoms with Gasteiger partial charge >= 0.3 is 0 Å². The molecular formula is C15H22N2OS. The van der Waals surface area contributed by atoms with Gasteiger partial charge in [-0.3, -0.25) is 9.69 Å². The van der Waals surface area contributed by atoms with Gasteiger partial charge < -0.3 is 5.32 Å². The lowest BCUT2D eigenvalue weighted by Gasteiger charge is -2.19. The molecule has 0 unspecified atom stereocenters. The van der Waals surface area contributed by atoms with Gasteiger partial charge in [-0.1, -0.05) is 19.1 Å². The highest BCUT2D eigenvalue weighted by Crippen LogP contribution is 2.25. The summed E-state index contributed by atoms with van der Waals surface area (Å²) in [5.74, 6) is 0.0961. The van der Waals surface area contributed by atoms with Gasteiger partial charge in [-0.25, -0.2) is 0 Å². The number of nitrogens with one attached hydrogen (secondary N) is 1. The lowest BCUT2D eigenvalue weighted by Crippen LogP contribution is -2.36. The van der Waals surface area contributed by atoms with Crippen LogP contribution < -0.4 is 5.32 Å². The van der Waals surface area contributed by atoms with E-state index in [0.29, 0.717) is 6.42 Å². The molecular weight excluding hydrogens is 256 g/mol. The minimum atomic E-state index is 0.0961. The number of nitrogens with zero attached hydrogens (tertiary/aromatic N) is 1. The summed E-state index contributed by atoms with van der Waals surface area (Å²) in [4.78, 5) is 15.2. The molecule has 1 saturated carbocycles. The Hall–Kier alpha value is -1.00. The third-order valence-corrected chi connectivity index (χ3v) is 3.79. The fraction of sp³-hybridized carbons (Fsp3) is 0.533. The van der Waals surface area contributed by atoms with Crippen molar-refractivity contribution in [3.63, 3.8) is 0 Å². The largest absolute Gasteiger partial charge is 0.355 e. The third-order valence-electron chi connectivity index (χ3n) is 3.49. The van der Waals surface area contributed by atoms with Gasteiger partial charge in [-0.2, -0.15) is 0 Å². The minimum Gasteiger partial charge on any atom is -0.355 e. The van der Waals surface area contributed by atoms with Gasteiger partial charge in [0.05, 0.1) is 6.42 Å². The topological polar surface area (TPSA) is 32.3 Å². The number of benzene rings is 1. The van der Waals surface area contributed by atoms with E-state index < -0.39 is 0 Å². The lowest BCUT2D eigenvalue weighted by molar-refractivity contribution is -0.120. The molecule has 1 amide bonds. The predicted molar refractivity (Wildman–Crippen MR) is 80.7 cm³/mol. The van der Waals surface area contributed by atoms with Crippen molar-refractivity contribution in [2.75, 3.05) is 19.6 Å². The number of rotatable bonds is 7. The molecule has 0 spiro atoms. The molecule has 0 atom stereocenters. The number of thiol groups is 1. The molecule has 3 nitrogen and oxygen atoms in total. The Labute approximate surface area is 120 Å². The third kappa shape index (κ3) is 4.88. The second kappa shape index (κ2) is 6.96. The SMILES string of the molecule is CCN(CCNC(=O)Cc1ccc(S)cc1)C1CC1. The van der Waals surface area contributed by atoms with E-state index in [4.69, 9.17) is 0 Å². The van der Waals surface area contributed by atoms with Crippen LogP contribution in [0.15, 0.2) is 29.2 Å². The quantitative estimate of drug-likeness (QED) is 0.749. The summed E-state index contributed by atoms with van der Waals surface area (Å²) in [7, 11) is 0. The van der Waals surface area contributed by atoms with Crippen molar-refractivity contribution in [1.29, 1.82) is 0 Å². The Morgan fingerprint density at radius 2 is 2.05 bits per heavy atom. The van der Waals surface area contributed by atoms with Crippen molar-refractivity contribution >= 4 is 18.5 Å². The Morgan fingerprint density at radius 1 is 1.37 bits per heavy atom. The van der Waals surface area contributed by atoms with Crippen molar-refractivity contribution in [3.05, 3.63) is 29.8 Å². The van der Waals surface area contributed by atoms with E-state index in [1.54, 1.807) is 0 Å². The van der Waals surface area contributed by atoms with Gasteiger partial charge in [0.15, 0.2) is 0 Å². The van der Waals surface area contributed by atoms with E-state index in [0.717, 1.165) is 36.1 Å². The van der Waals surface area contributed by atoms with E-state index in [1.807, 2.05) is 24.3 Å². The molecule has 0 aromatic heterocycles. The van der Waals surface area contributed by atoms with Crippen LogP contribution in [0.3, 0.4) is 0 Å². The fourth-order valence-corrected chi connectivity index (χ4v) is 2.39. The number of amides is 1. The fourth-order valence-electron chi connectivity index (χ4n) is 2.24. The molecule has 104 valence electrons. The van der Waals surface area contributed by atoms with Crippen LogP contribution in [-0.2, 0) is 11.2 Å². The number of hydrogen-bond donors (Lipinski definition) is 2. The molecule has 1 aromatic rings. The van der Waals surface area contributed by atoms with Crippen LogP contribution in [0.4, 0.5) is 0 Å². The molecule has 1 aromatic carbocycles. The highest BCUT2D eigenvalue weighted by Gasteiger charge is 2.27. The first kappa shape index (κ1) is 14.4. The molecule has 0 radical (unpaired) electrons. The van der Waals surface area contributed by atoms with Crippen LogP contribution in [0.5, 0.6) is 0 Å². The number of carbonyl (C=O) groups excluding carboxylic acids is 1. The van der Waals surface area contributed by atoms with Gasteiger partial charge in [-0.05, 0) is 37.1 Å². The first-order valence-electron chi connectivity index (χ1n) is 6.97. The summed E-state index contributed by atoms with van der Waals surface area (Å²) in [6, 6.07) is 8.49. The summed E-state index contributed by atoms with van der Waals surface area (Å²) in [6.45, 7) is 4.96. The lowest BCUT2D eigenvalue weighted by atomic mass is 10.1. The van der Waals surface area contributed by atoms with E-state index in [1.165, 1.54) is 12.8 Å². The molecule has 1 N–H and O–H groups in total. The van der Waals surface area contributed by atoms with Crippen molar-refractivity contribution in [2.45, 2.75) is 37.1 Å². The average Bonchev–Trinajstić information content (AvgIpc) is 3.22. The van der Waals surface area contributed by atoms with E-state index in [-0.39, 0.29) is 5.91 Å². The van der Waals surface area contributed by atoms with Crippen molar-refractivity contribution in [1.82, 2.24) is 10.2 Å². The monoisotopic (exact) mass is 278 g/mol. The van der Waals surface area contributed by atoms with E-state index in [9.17, 15) is 4.79 Å². The molecule has 19 heavy (non-hydrogen) atoms. The molecule has 1 aliphatic carbocycles. The Bertz CT molecular complexity index is 415. The molecule has 0 aliphatic heterocycles. The van der Waals surface area contributed by atoms with E-state index in [2.05, 4.69) is 29.8 Å². The van der Waals surface area contributed by atoms with Crippen molar-refractivity contribution in [2.24, 2.45) is 0 Å². The minimum absolute atomic E-state index is 0.0961. The highest BCUT2D eigenvalue weighted by atomic mass is 32.1. The van der Waals surface area contributed by atoms with Crippen LogP contribution >= 0.6 is 12.6 Å². The van der Waals surface area contributed by atoms with Gasteiger partial charge in [-0.15, -0.1) is 12.6 Å². The van der Waals surface area contributed by atoms with Gasteiger partial charge in [0.25, 0.3) is 0 Å². The maximum Gasteiger partial charge on any atom is 0.224 e. The zero-order valence-electron chi connectivity index (χ0n) is 11.4. The Kier molecular flexibility index (Phi) is 5.28. The van der Waals surface area contributed by atoms with Gasteiger partial charge in [0.1, 0.15) is 0 Å². The first-order valence-corrected chi connectivity index (χ1v) is 7.42. The summed E-state index contributed by atoms with van der Waals surface area (Å²) in [5, 5.41) is 2.99. The average molecular weight is 278 g/mol. The molecule has 0 heterocycles. The number of likely N-dealkylation sites (N-methyl/N-ethyl adjacent to an activating group) is 1. The summed E-state index contributed by atoms with van der Waals surface area (Å²) in [6.07, 6.45) is 3.08. The molecule has 4 heteroatoms. The summed E-state index contributed by atoms with van der Waals surface area (Å²) >= 11 is 4.23. The van der Waals surface area contributed by atoms with Crippen LogP contribution in [0.25, 0.3) is 0 Å². The predicted octanol–water partition coefficient (Wildman–Crippen LogP) is 2.12. The second-order valence-corrected chi connectivity index (χ2v) is 5.57. The van der Waals surface area contributed by atoms with Crippen molar-refractivity contribution in [3.8, 4) is 0 Å². The highest BCUT2D eigenvalue weighted by molar-refractivity contribution is 7.80. The van der Waals surface area contributed by atoms with Gasteiger partial charge in [0, 0.05) is 24.0 Å². The van der Waals surface area contributed by atoms with Crippen molar-refractivity contribution < 1.29 is 4.79 Å². The van der Waals surface area contributed by atoms with Crippen LogP contribution in [0.1, 0.15) is 25.3 Å². The normalized spacial score (nSPS) is 14.7. The second-order valence-electron chi connectivity index (χ2n) is 5.05. The standard InChI is InChI=1S/C15H22N2OS/c1-2-17(13-5-6-13)10-9-16-15(18)11-12-3-7-14(19)8-4-12/h3-4,7-8,13,19H,2,5-6,9-11H2,1H3,(H,16,18). The van der Waals surface area contributed by atoms with Gasteiger partial charge in [0.2, 0.25) is 5.91 Å². The maximum absolute atomic E-state index is 11.8. The molecule has 0 saturated heterocycles. The summed E-state index contributed by atoms with van der Waals surface area (Å²) < 4.78 is 0. The Balaban J connectivity index is 1.68. The molecule has 1 fully saturated rings. The smallest absolute Gasteiger partial charge is 0.224 e. The number of carbonyl (C=O) groups is 1. The zero-order valence-corrected chi connectivity index (χ0v) is 12.3. The molecule has 1 aliphatic rings. The summed E-state index contributed by atoms with van der Waals surface area (Å²) in [5.41, 5.74) is 1.03. The first-order chi connectivity index (χ1) is 9.19. The van der Waals surface area contributed by atoms with Crippen LogP contribution in [0.2, 0.25) is 0 Å². The molecule has 0 bridgehead atoms. The number of hydrogen-bond acceptors (Lipinski definition) is 3. The zero-order chi connectivity index (χ0) is 13.7. The van der Waals surface area contributed by atoms with E-state index >= 15 is 0 Å². The van der Waals surface area contributed by atoms with Crippen LogP contribution in [0, 0.1) is 0 Å². The molecule has 2 rings (SSSR count). The maximum atomic E-state index is 11.8. The van der Waals surface area contributed by atoms with Crippen LogP contribution in [-0.4, -0.2) is 36.5 Å².